The summed E-state index contributed by atoms with van der Waals surface area (Å²) in [6.07, 6.45) is 0.618. The van der Waals surface area contributed by atoms with Crippen LogP contribution in [0.3, 0.4) is 0 Å². The van der Waals surface area contributed by atoms with Gasteiger partial charge in [0.1, 0.15) is 17.1 Å². The van der Waals surface area contributed by atoms with Gasteiger partial charge in [-0.25, -0.2) is 0 Å². The minimum Gasteiger partial charge on any atom is -0.495 e. The summed E-state index contributed by atoms with van der Waals surface area (Å²) in [5, 5.41) is 7.15. The lowest BCUT2D eigenvalue weighted by molar-refractivity contribution is 0.102. The fraction of sp³-hybridized carbons (Fsp3) is 0.286. The number of methoxy groups -OCH3 is 1. The number of carbonyl (C=O) groups is 1. The summed E-state index contributed by atoms with van der Waals surface area (Å²) in [5.74, 6) is 0.733. The van der Waals surface area contributed by atoms with E-state index in [9.17, 15) is 4.79 Å². The Bertz CT molecular complexity index is 637. The van der Waals surface area contributed by atoms with E-state index in [0.29, 0.717) is 39.9 Å². The molecule has 0 aliphatic carbocycles. The highest BCUT2D eigenvalue weighted by atomic mass is 35.5. The molecular formula is C14H15ClN2O3. The van der Waals surface area contributed by atoms with Crippen LogP contribution >= 0.6 is 11.6 Å². The number of ether oxygens (including phenoxy) is 1. The van der Waals surface area contributed by atoms with Gasteiger partial charge in [-0.05, 0) is 31.5 Å². The third-order valence-corrected chi connectivity index (χ3v) is 3.14. The maximum Gasteiger partial charge on any atom is 0.261 e. The molecule has 0 aliphatic heterocycles. The van der Waals surface area contributed by atoms with Gasteiger partial charge >= 0.3 is 0 Å². The van der Waals surface area contributed by atoms with Crippen LogP contribution < -0.4 is 10.1 Å². The minimum atomic E-state index is -0.291. The predicted molar refractivity (Wildman–Crippen MR) is 76.6 cm³/mol. The summed E-state index contributed by atoms with van der Waals surface area (Å²) >= 11 is 5.93. The van der Waals surface area contributed by atoms with Gasteiger partial charge < -0.3 is 14.6 Å². The maximum absolute atomic E-state index is 12.3. The van der Waals surface area contributed by atoms with Gasteiger partial charge in [-0.1, -0.05) is 23.7 Å². The molecule has 1 aromatic heterocycles. The van der Waals surface area contributed by atoms with Gasteiger partial charge in [0, 0.05) is 5.02 Å². The third kappa shape index (κ3) is 2.77. The number of hydrogen-bond donors (Lipinski definition) is 1. The molecular weight excluding hydrogens is 280 g/mol. The number of aromatic nitrogens is 1. The van der Waals surface area contributed by atoms with Crippen LogP contribution in [-0.4, -0.2) is 18.2 Å². The predicted octanol–water partition coefficient (Wildman–Crippen LogP) is 3.46. The molecule has 0 radical (unpaired) electrons. The first-order chi connectivity index (χ1) is 9.56. The van der Waals surface area contributed by atoms with Crippen LogP contribution in [0.1, 0.15) is 28.7 Å². The highest BCUT2D eigenvalue weighted by molar-refractivity contribution is 6.31. The first kappa shape index (κ1) is 14.4. The second kappa shape index (κ2) is 5.96. The van der Waals surface area contributed by atoms with Crippen LogP contribution in [0.5, 0.6) is 5.75 Å². The van der Waals surface area contributed by atoms with Gasteiger partial charge in [-0.3, -0.25) is 4.79 Å². The Hall–Kier alpha value is -2.01. The van der Waals surface area contributed by atoms with Crippen LogP contribution in [0.2, 0.25) is 5.02 Å². The van der Waals surface area contributed by atoms with Gasteiger partial charge in [0.05, 0.1) is 18.5 Å². The fourth-order valence-electron chi connectivity index (χ4n) is 1.91. The third-order valence-electron chi connectivity index (χ3n) is 2.91. The molecule has 2 rings (SSSR count). The average Bonchev–Trinajstić information content (AvgIpc) is 2.80. The molecule has 1 heterocycles. The highest BCUT2D eigenvalue weighted by Crippen LogP contribution is 2.28. The summed E-state index contributed by atoms with van der Waals surface area (Å²) in [6.45, 7) is 3.62. The molecule has 0 aliphatic rings. The monoisotopic (exact) mass is 294 g/mol. The van der Waals surface area contributed by atoms with Crippen LogP contribution in [-0.2, 0) is 6.42 Å². The molecule has 6 heteroatoms. The first-order valence-electron chi connectivity index (χ1n) is 6.16. The largest absolute Gasteiger partial charge is 0.495 e. The zero-order chi connectivity index (χ0) is 14.7. The van der Waals surface area contributed by atoms with Crippen LogP contribution in [0.25, 0.3) is 0 Å². The van der Waals surface area contributed by atoms with E-state index in [0.717, 1.165) is 0 Å². The average molecular weight is 295 g/mol. The van der Waals surface area contributed by atoms with Gasteiger partial charge in [0.15, 0.2) is 0 Å². The van der Waals surface area contributed by atoms with E-state index in [1.54, 1.807) is 25.1 Å². The van der Waals surface area contributed by atoms with E-state index in [2.05, 4.69) is 10.5 Å². The number of nitrogens with zero attached hydrogens (tertiary/aromatic N) is 1. The van der Waals surface area contributed by atoms with Crippen LogP contribution in [0.15, 0.2) is 22.7 Å². The van der Waals surface area contributed by atoms with Crippen molar-refractivity contribution in [2.45, 2.75) is 20.3 Å². The van der Waals surface area contributed by atoms with Gasteiger partial charge in [0.25, 0.3) is 5.91 Å². The standard InChI is InChI=1S/C14H15ClN2O3/c1-4-10-13(8(2)20-17-10)14(18)16-11-7-9(15)5-6-12(11)19-3/h5-7H,4H2,1-3H3,(H,16,18). The number of nitrogens with one attached hydrogen (secondary N) is 1. The zero-order valence-corrected chi connectivity index (χ0v) is 12.2. The van der Waals surface area contributed by atoms with Gasteiger partial charge in [-0.2, -0.15) is 0 Å². The smallest absolute Gasteiger partial charge is 0.261 e. The number of benzene rings is 1. The van der Waals surface area contributed by atoms with Crippen molar-refractivity contribution in [3.8, 4) is 5.75 Å². The second-order valence-corrected chi connectivity index (χ2v) is 4.65. The number of rotatable bonds is 4. The lowest BCUT2D eigenvalue weighted by atomic mass is 10.1. The Kier molecular flexibility index (Phi) is 4.29. The zero-order valence-electron chi connectivity index (χ0n) is 11.5. The molecule has 0 fully saturated rings. The van der Waals surface area contributed by atoms with Crippen molar-refractivity contribution in [1.29, 1.82) is 0 Å². The molecule has 2 aromatic rings. The van der Waals surface area contributed by atoms with Crippen LogP contribution in [0, 0.1) is 6.92 Å². The number of anilines is 1. The van der Waals surface area contributed by atoms with E-state index in [4.69, 9.17) is 20.9 Å². The van der Waals surface area contributed by atoms with E-state index in [1.807, 2.05) is 6.92 Å². The van der Waals surface area contributed by atoms with Crippen molar-refractivity contribution in [3.05, 3.63) is 40.2 Å². The summed E-state index contributed by atoms with van der Waals surface area (Å²) in [4.78, 5) is 12.3. The molecule has 0 unspecified atom stereocenters. The topological polar surface area (TPSA) is 64.4 Å². The van der Waals surface area contributed by atoms with E-state index in [-0.39, 0.29) is 5.91 Å². The van der Waals surface area contributed by atoms with Crippen LogP contribution in [0.4, 0.5) is 5.69 Å². The van der Waals surface area contributed by atoms with E-state index >= 15 is 0 Å². The minimum absolute atomic E-state index is 0.291. The summed E-state index contributed by atoms with van der Waals surface area (Å²) in [5.41, 5.74) is 1.59. The van der Waals surface area contributed by atoms with Gasteiger partial charge in [-0.15, -0.1) is 0 Å². The molecule has 0 spiro atoms. The number of amides is 1. The Morgan fingerprint density at radius 2 is 2.25 bits per heavy atom. The lowest BCUT2D eigenvalue weighted by Gasteiger charge is -2.10. The van der Waals surface area contributed by atoms with E-state index < -0.39 is 0 Å². The Morgan fingerprint density at radius 1 is 1.50 bits per heavy atom. The molecule has 1 amide bonds. The number of hydrogen-bond acceptors (Lipinski definition) is 4. The quantitative estimate of drug-likeness (QED) is 0.938. The van der Waals surface area contributed by atoms with Crippen molar-refractivity contribution >= 4 is 23.2 Å². The number of aryl methyl sites for hydroxylation is 2. The molecule has 106 valence electrons. The normalized spacial score (nSPS) is 10.4. The van der Waals surface area contributed by atoms with Crippen molar-refractivity contribution in [3.63, 3.8) is 0 Å². The maximum atomic E-state index is 12.3. The molecule has 0 saturated heterocycles. The van der Waals surface area contributed by atoms with Crippen molar-refractivity contribution in [2.75, 3.05) is 12.4 Å². The Labute approximate surface area is 121 Å². The Balaban J connectivity index is 2.32. The summed E-state index contributed by atoms with van der Waals surface area (Å²) in [6, 6.07) is 5.02. The van der Waals surface area contributed by atoms with Gasteiger partial charge in [0.2, 0.25) is 0 Å². The molecule has 20 heavy (non-hydrogen) atoms. The van der Waals surface area contributed by atoms with Crippen molar-refractivity contribution < 1.29 is 14.1 Å². The number of halogens is 1. The molecule has 0 bridgehead atoms. The summed E-state index contributed by atoms with van der Waals surface area (Å²) in [7, 11) is 1.53. The lowest BCUT2D eigenvalue weighted by Crippen LogP contribution is -2.15. The van der Waals surface area contributed by atoms with Crippen molar-refractivity contribution in [1.82, 2.24) is 5.16 Å². The summed E-state index contributed by atoms with van der Waals surface area (Å²) < 4.78 is 10.3. The second-order valence-electron chi connectivity index (χ2n) is 4.21. The Morgan fingerprint density at radius 3 is 2.90 bits per heavy atom. The first-order valence-corrected chi connectivity index (χ1v) is 6.54. The molecule has 1 N–H and O–H groups in total. The van der Waals surface area contributed by atoms with E-state index in [1.165, 1.54) is 7.11 Å². The fourth-order valence-corrected chi connectivity index (χ4v) is 2.09. The molecule has 1 aromatic carbocycles. The highest BCUT2D eigenvalue weighted by Gasteiger charge is 2.20. The molecule has 0 atom stereocenters. The SMILES string of the molecule is CCc1noc(C)c1C(=O)Nc1cc(Cl)ccc1OC. The number of carbonyl (C=O) groups excluding carboxylic acids is 1. The molecule has 5 nitrogen and oxygen atoms in total. The molecule has 0 saturated carbocycles. The van der Waals surface area contributed by atoms with Crippen molar-refractivity contribution in [2.24, 2.45) is 0 Å².